The van der Waals surface area contributed by atoms with Gasteiger partial charge in [-0.25, -0.2) is 0 Å². The van der Waals surface area contributed by atoms with Gasteiger partial charge in [0, 0.05) is 42.3 Å². The highest BCUT2D eigenvalue weighted by atomic mass is 16.1. The average molecular weight is 321 g/mol. The Morgan fingerprint density at radius 2 is 2.12 bits per heavy atom. The molecule has 24 heavy (non-hydrogen) atoms. The molecule has 0 bridgehead atoms. The van der Waals surface area contributed by atoms with E-state index in [-0.39, 0.29) is 11.8 Å². The van der Waals surface area contributed by atoms with Crippen LogP contribution in [0.3, 0.4) is 0 Å². The molecule has 6 nitrogen and oxygen atoms in total. The molecular weight excluding hydrogens is 302 g/mol. The maximum absolute atomic E-state index is 12.3. The summed E-state index contributed by atoms with van der Waals surface area (Å²) in [5, 5.41) is 9.45. The topological polar surface area (TPSA) is 72.7 Å². The largest absolute Gasteiger partial charge is 0.307 e. The number of pyridine rings is 2. The van der Waals surface area contributed by atoms with E-state index in [1.807, 2.05) is 31.6 Å². The highest BCUT2D eigenvalue weighted by molar-refractivity contribution is 5.88. The third kappa shape index (κ3) is 2.92. The van der Waals surface area contributed by atoms with E-state index in [4.69, 9.17) is 0 Å². The Kier molecular flexibility index (Phi) is 3.82. The average Bonchev–Trinajstić information content (AvgIpc) is 3.25. The highest BCUT2D eigenvalue weighted by Gasteiger charge is 2.22. The summed E-state index contributed by atoms with van der Waals surface area (Å²) in [5.41, 5.74) is 2.66. The maximum Gasteiger partial charge on any atom is 0.155 e. The molecule has 0 spiro atoms. The van der Waals surface area contributed by atoms with Gasteiger partial charge in [0.1, 0.15) is 0 Å². The maximum atomic E-state index is 12.3. The van der Waals surface area contributed by atoms with Crippen molar-refractivity contribution in [3.63, 3.8) is 0 Å². The summed E-state index contributed by atoms with van der Waals surface area (Å²) >= 11 is 0. The van der Waals surface area contributed by atoms with Gasteiger partial charge >= 0.3 is 0 Å². The van der Waals surface area contributed by atoms with Crippen LogP contribution in [0.25, 0.3) is 22.0 Å². The summed E-state index contributed by atoms with van der Waals surface area (Å²) in [6, 6.07) is 4.01. The Balaban J connectivity index is 1.62. The Morgan fingerprint density at radius 3 is 2.88 bits per heavy atom. The quantitative estimate of drug-likeness (QED) is 0.794. The molecular formula is C18H19N5O. The Hall–Kier alpha value is -2.60. The van der Waals surface area contributed by atoms with Crippen molar-refractivity contribution in [1.82, 2.24) is 25.1 Å². The fraction of sp³-hybridized carbons (Fsp3) is 0.333. The van der Waals surface area contributed by atoms with Gasteiger partial charge < -0.3 is 5.32 Å². The molecule has 1 saturated heterocycles. The molecule has 0 aliphatic carbocycles. The summed E-state index contributed by atoms with van der Waals surface area (Å²) < 4.78 is 1.76. The van der Waals surface area contributed by atoms with Gasteiger partial charge in [0.05, 0.1) is 24.4 Å². The normalized spacial score (nSPS) is 17.5. The molecule has 3 aromatic rings. The molecule has 0 amide bonds. The molecule has 3 aromatic heterocycles. The van der Waals surface area contributed by atoms with Crippen molar-refractivity contribution >= 4 is 16.6 Å². The molecule has 0 radical (unpaired) electrons. The second-order valence-electron chi connectivity index (χ2n) is 6.29. The molecule has 0 unspecified atom stereocenters. The predicted molar refractivity (Wildman–Crippen MR) is 91.5 cm³/mol. The third-order valence-corrected chi connectivity index (χ3v) is 4.46. The number of carbonyl (C=O) groups is 1. The lowest BCUT2D eigenvalue weighted by atomic mass is 10.0. The van der Waals surface area contributed by atoms with Crippen LogP contribution < -0.4 is 5.32 Å². The van der Waals surface area contributed by atoms with Crippen LogP contribution in [-0.4, -0.2) is 38.1 Å². The Labute approximate surface area is 139 Å². The fourth-order valence-corrected chi connectivity index (χ4v) is 3.15. The number of fused-ring (bicyclic) bond motifs is 1. The van der Waals surface area contributed by atoms with Crippen LogP contribution in [0.2, 0.25) is 0 Å². The van der Waals surface area contributed by atoms with Crippen molar-refractivity contribution in [2.24, 2.45) is 7.05 Å². The molecule has 122 valence electrons. The number of aryl methyl sites for hydroxylation is 1. The molecule has 1 aliphatic rings. The third-order valence-electron chi connectivity index (χ3n) is 4.46. The van der Waals surface area contributed by atoms with Crippen molar-refractivity contribution in [1.29, 1.82) is 0 Å². The monoisotopic (exact) mass is 321 g/mol. The minimum absolute atomic E-state index is 0.00843. The summed E-state index contributed by atoms with van der Waals surface area (Å²) in [7, 11) is 1.88. The zero-order valence-electron chi connectivity index (χ0n) is 13.6. The molecule has 4 rings (SSSR count). The van der Waals surface area contributed by atoms with Crippen molar-refractivity contribution in [2.45, 2.75) is 25.3 Å². The number of nitrogens with one attached hydrogen (secondary N) is 1. The minimum Gasteiger partial charge on any atom is -0.307 e. The van der Waals surface area contributed by atoms with Crippen molar-refractivity contribution in [2.75, 3.05) is 6.54 Å². The van der Waals surface area contributed by atoms with Gasteiger partial charge in [0.2, 0.25) is 0 Å². The van der Waals surface area contributed by atoms with E-state index < -0.39 is 0 Å². The van der Waals surface area contributed by atoms with Gasteiger partial charge in [-0.1, -0.05) is 0 Å². The van der Waals surface area contributed by atoms with Gasteiger partial charge in [-0.05, 0) is 36.9 Å². The van der Waals surface area contributed by atoms with Crippen LogP contribution in [-0.2, 0) is 18.3 Å². The molecule has 6 heteroatoms. The summed E-state index contributed by atoms with van der Waals surface area (Å²) in [6.45, 7) is 0.932. The van der Waals surface area contributed by atoms with Gasteiger partial charge in [0.25, 0.3) is 0 Å². The number of hydrogen-bond donors (Lipinski definition) is 1. The van der Waals surface area contributed by atoms with E-state index in [0.717, 1.165) is 47.1 Å². The molecule has 1 fully saturated rings. The van der Waals surface area contributed by atoms with Crippen molar-refractivity contribution in [3.05, 3.63) is 42.6 Å². The number of carbonyl (C=O) groups excluding carboxylic acids is 1. The van der Waals surface area contributed by atoms with E-state index in [2.05, 4.69) is 20.4 Å². The predicted octanol–water partition coefficient (Wildman–Crippen LogP) is 1.89. The van der Waals surface area contributed by atoms with Crippen molar-refractivity contribution < 1.29 is 4.79 Å². The molecule has 1 N–H and O–H groups in total. The number of aromatic nitrogens is 4. The van der Waals surface area contributed by atoms with E-state index in [1.165, 1.54) is 0 Å². The fourth-order valence-electron chi connectivity index (χ4n) is 3.15. The minimum atomic E-state index is -0.00843. The first-order valence-corrected chi connectivity index (χ1v) is 8.19. The van der Waals surface area contributed by atoms with E-state index in [1.54, 1.807) is 17.1 Å². The van der Waals surface area contributed by atoms with E-state index in [9.17, 15) is 4.79 Å². The zero-order valence-corrected chi connectivity index (χ0v) is 13.6. The number of nitrogens with zero attached hydrogens (tertiary/aromatic N) is 4. The summed E-state index contributed by atoms with van der Waals surface area (Å²) in [6.07, 6.45) is 9.72. The smallest absolute Gasteiger partial charge is 0.155 e. The van der Waals surface area contributed by atoms with Crippen LogP contribution in [0.5, 0.6) is 0 Å². The zero-order chi connectivity index (χ0) is 16.5. The molecule has 0 saturated carbocycles. The number of Topliss-reactive ketones (excluding diaryl/α,β-unsaturated/α-hetero) is 1. The Morgan fingerprint density at radius 1 is 1.25 bits per heavy atom. The lowest BCUT2D eigenvalue weighted by molar-refractivity contribution is -0.120. The molecule has 0 aromatic carbocycles. The van der Waals surface area contributed by atoms with Crippen LogP contribution in [0, 0.1) is 0 Å². The van der Waals surface area contributed by atoms with Gasteiger partial charge in [-0.3, -0.25) is 19.4 Å². The van der Waals surface area contributed by atoms with Crippen molar-refractivity contribution in [3.8, 4) is 11.3 Å². The number of ketones is 1. The first-order valence-electron chi connectivity index (χ1n) is 8.19. The van der Waals surface area contributed by atoms with Gasteiger partial charge in [0.15, 0.2) is 5.78 Å². The molecule has 4 heterocycles. The van der Waals surface area contributed by atoms with Crippen LogP contribution in [0.4, 0.5) is 0 Å². The first kappa shape index (κ1) is 15.0. The van der Waals surface area contributed by atoms with Gasteiger partial charge in [-0.2, -0.15) is 5.10 Å². The highest BCUT2D eigenvalue weighted by Crippen LogP contribution is 2.22. The van der Waals surface area contributed by atoms with E-state index >= 15 is 0 Å². The van der Waals surface area contributed by atoms with Crippen LogP contribution >= 0.6 is 0 Å². The second-order valence-corrected chi connectivity index (χ2v) is 6.29. The lowest BCUT2D eigenvalue weighted by Gasteiger charge is -2.09. The van der Waals surface area contributed by atoms with Gasteiger partial charge in [-0.15, -0.1) is 0 Å². The first-order chi connectivity index (χ1) is 11.7. The van der Waals surface area contributed by atoms with Crippen LogP contribution in [0.1, 0.15) is 18.5 Å². The van der Waals surface area contributed by atoms with Crippen LogP contribution in [0.15, 0.2) is 36.9 Å². The molecule has 1 atom stereocenters. The number of hydrogen-bond acceptors (Lipinski definition) is 5. The second kappa shape index (κ2) is 6.13. The number of rotatable bonds is 4. The Bertz CT molecular complexity index is 895. The molecule has 1 aliphatic heterocycles. The van der Waals surface area contributed by atoms with E-state index in [0.29, 0.717) is 6.42 Å². The lowest BCUT2D eigenvalue weighted by Crippen LogP contribution is -2.32. The summed E-state index contributed by atoms with van der Waals surface area (Å²) in [5.74, 6) is 0.223. The standard InChI is InChI=1S/C18H19N5O/c1-23-11-14(10-22-23)17-6-12-5-15(20-8-13(12)9-21-17)7-18(24)16-3-2-4-19-16/h5-6,8-11,16,19H,2-4,7H2,1H3/t16-/m1/s1. The summed E-state index contributed by atoms with van der Waals surface area (Å²) in [4.78, 5) is 21.2. The SMILES string of the molecule is Cn1cc(-c2cc3cc(CC(=O)[C@H]4CCCN4)ncc3cn2)cn1.